The molecule has 1 aromatic heterocycles. The molecule has 196 valence electrons. The van der Waals surface area contributed by atoms with Crippen molar-refractivity contribution in [2.75, 3.05) is 6.54 Å². The van der Waals surface area contributed by atoms with E-state index in [4.69, 9.17) is 6.42 Å². The first-order valence-electron chi connectivity index (χ1n) is 11.4. The van der Waals surface area contributed by atoms with E-state index in [0.717, 1.165) is 22.6 Å². The van der Waals surface area contributed by atoms with Gasteiger partial charge in [-0.05, 0) is 49.1 Å². The van der Waals surface area contributed by atoms with Gasteiger partial charge in [0.15, 0.2) is 0 Å². The first-order valence-corrected chi connectivity index (χ1v) is 12.8. The van der Waals surface area contributed by atoms with Crippen molar-refractivity contribution in [3.8, 4) is 12.3 Å². The van der Waals surface area contributed by atoms with Crippen LogP contribution in [-0.2, 0) is 21.0 Å². The van der Waals surface area contributed by atoms with E-state index in [-0.39, 0.29) is 30.7 Å². The summed E-state index contributed by atoms with van der Waals surface area (Å²) in [6.07, 6.45) is 7.78. The predicted octanol–water partition coefficient (Wildman–Crippen LogP) is 3.10. The number of sulfonamides is 1. The van der Waals surface area contributed by atoms with Gasteiger partial charge >= 0.3 is 6.18 Å². The van der Waals surface area contributed by atoms with Crippen LogP contribution in [0.25, 0.3) is 0 Å². The number of hydrogen-bond donors (Lipinski definition) is 2. The maximum Gasteiger partial charge on any atom is 0.433 e. The molecule has 37 heavy (non-hydrogen) atoms. The summed E-state index contributed by atoms with van der Waals surface area (Å²) in [5.41, 5.74) is -0.0902. The van der Waals surface area contributed by atoms with E-state index >= 15 is 0 Å². The van der Waals surface area contributed by atoms with Crippen LogP contribution in [-0.4, -0.2) is 48.6 Å². The molecular weight excluding hydrogens is 514 g/mol. The molecule has 0 radical (unpaired) electrons. The smallest absolute Gasteiger partial charge is 0.349 e. The molecule has 2 N–H and O–H groups in total. The Balaban J connectivity index is 1.45. The molecule has 13 heteroatoms. The minimum Gasteiger partial charge on any atom is -0.349 e. The van der Waals surface area contributed by atoms with E-state index in [1.165, 1.54) is 18.5 Å². The SMILES string of the molecule is C#CC1CCC(C(=O)NCC2=CC(c3ccc(C(F)(F)F)nc3)N=CN2)N1S(=O)(=O)C1=CC=C(F)CC1. The van der Waals surface area contributed by atoms with Gasteiger partial charge in [0.2, 0.25) is 15.9 Å². The largest absolute Gasteiger partial charge is 0.433 e. The van der Waals surface area contributed by atoms with Crippen molar-refractivity contribution >= 4 is 22.3 Å². The van der Waals surface area contributed by atoms with Crippen molar-refractivity contribution in [2.24, 2.45) is 4.99 Å². The first kappa shape index (κ1) is 26.6. The molecule has 3 unspecified atom stereocenters. The first-order chi connectivity index (χ1) is 17.5. The van der Waals surface area contributed by atoms with E-state index < -0.39 is 51.8 Å². The monoisotopic (exact) mass is 537 g/mol. The molecule has 3 heterocycles. The number of allylic oxidation sites excluding steroid dienone is 4. The van der Waals surface area contributed by atoms with Crippen LogP contribution in [0.2, 0.25) is 0 Å². The lowest BCUT2D eigenvalue weighted by Gasteiger charge is -2.28. The summed E-state index contributed by atoms with van der Waals surface area (Å²) in [6.45, 7) is -0.0167. The number of aliphatic imine (C=N–C) groups is 1. The van der Waals surface area contributed by atoms with Crippen molar-refractivity contribution in [1.82, 2.24) is 19.9 Å². The number of halogens is 4. The zero-order chi connectivity index (χ0) is 26.8. The molecule has 3 atom stereocenters. The third-order valence-corrected chi connectivity index (χ3v) is 8.27. The Kier molecular flexibility index (Phi) is 7.52. The molecule has 0 saturated carbocycles. The minimum absolute atomic E-state index is 0.00490. The summed E-state index contributed by atoms with van der Waals surface area (Å²) in [5, 5.41) is 5.55. The number of alkyl halides is 3. The maximum atomic E-state index is 13.4. The molecule has 0 aromatic carbocycles. The number of aromatic nitrogens is 1. The minimum atomic E-state index is -4.55. The molecule has 0 bridgehead atoms. The molecule has 0 spiro atoms. The fourth-order valence-electron chi connectivity index (χ4n) is 4.29. The number of amides is 1. The number of nitrogens with zero attached hydrogens (tertiary/aromatic N) is 3. The van der Waals surface area contributed by atoms with Gasteiger partial charge in [-0.1, -0.05) is 12.0 Å². The Hall–Kier alpha value is -3.50. The summed E-state index contributed by atoms with van der Waals surface area (Å²) in [4.78, 5) is 20.7. The number of nitrogens with one attached hydrogen (secondary N) is 2. The average molecular weight is 538 g/mol. The number of carbonyl (C=O) groups excluding carboxylic acids is 1. The van der Waals surface area contributed by atoms with Crippen LogP contribution >= 0.6 is 0 Å². The highest BCUT2D eigenvalue weighted by Crippen LogP contribution is 2.34. The van der Waals surface area contributed by atoms with Gasteiger partial charge in [-0.3, -0.25) is 14.8 Å². The Morgan fingerprint density at radius 1 is 1.24 bits per heavy atom. The number of hydrogen-bond acceptors (Lipinski definition) is 6. The molecule has 2 aliphatic heterocycles. The van der Waals surface area contributed by atoms with E-state index in [1.54, 1.807) is 6.08 Å². The molecule has 3 aliphatic rings. The van der Waals surface area contributed by atoms with Crippen LogP contribution < -0.4 is 10.6 Å². The van der Waals surface area contributed by atoms with Gasteiger partial charge < -0.3 is 10.6 Å². The average Bonchev–Trinajstić information content (AvgIpc) is 3.33. The maximum absolute atomic E-state index is 13.4. The second-order valence-corrected chi connectivity index (χ2v) is 10.5. The highest BCUT2D eigenvalue weighted by atomic mass is 32.2. The molecule has 1 aromatic rings. The standard InChI is InChI=1S/C24H23F4N5O3S/c1-2-18-6-9-21(33(18)37(35,36)19-7-4-16(25)5-8-19)23(34)30-13-17-11-20(32-14-31-17)15-3-10-22(29-12-15)24(26,27)28/h1,3-4,7,10-12,14,18,20-21H,5-6,8-9,13H2,(H,30,34)(H,31,32). The van der Waals surface area contributed by atoms with Crippen molar-refractivity contribution < 1.29 is 30.8 Å². The van der Waals surface area contributed by atoms with Crippen LogP contribution in [0, 0.1) is 12.3 Å². The van der Waals surface area contributed by atoms with E-state index in [0.29, 0.717) is 17.7 Å². The van der Waals surface area contributed by atoms with Gasteiger partial charge in [0.05, 0.1) is 29.9 Å². The van der Waals surface area contributed by atoms with Crippen molar-refractivity contribution in [2.45, 2.75) is 50.0 Å². The Morgan fingerprint density at radius 3 is 2.65 bits per heavy atom. The summed E-state index contributed by atoms with van der Waals surface area (Å²) >= 11 is 0. The van der Waals surface area contributed by atoms with Crippen LogP contribution in [0.5, 0.6) is 0 Å². The fraction of sp³-hybridized carbons (Fsp3) is 0.375. The number of terminal acetylenes is 1. The number of carbonyl (C=O) groups is 1. The van der Waals surface area contributed by atoms with Crippen LogP contribution in [0.3, 0.4) is 0 Å². The van der Waals surface area contributed by atoms with Crippen molar-refractivity contribution in [3.63, 3.8) is 0 Å². The fourth-order valence-corrected chi connectivity index (χ4v) is 6.20. The quantitative estimate of drug-likeness (QED) is 0.429. The Morgan fingerprint density at radius 2 is 2.03 bits per heavy atom. The predicted molar refractivity (Wildman–Crippen MR) is 128 cm³/mol. The lowest BCUT2D eigenvalue weighted by Crippen LogP contribution is -2.49. The zero-order valence-electron chi connectivity index (χ0n) is 19.4. The van der Waals surface area contributed by atoms with Gasteiger partial charge in [-0.2, -0.15) is 17.5 Å². The summed E-state index contributed by atoms with van der Waals surface area (Å²) in [5.74, 6) is 1.44. The Labute approximate surface area is 211 Å². The normalized spacial score (nSPS) is 24.4. The molecule has 1 saturated heterocycles. The van der Waals surface area contributed by atoms with Gasteiger partial charge in [0.25, 0.3) is 0 Å². The van der Waals surface area contributed by atoms with Gasteiger partial charge in [-0.25, -0.2) is 12.8 Å². The van der Waals surface area contributed by atoms with Crippen molar-refractivity contribution in [3.05, 3.63) is 64.2 Å². The third-order valence-electron chi connectivity index (χ3n) is 6.21. The molecule has 1 fully saturated rings. The van der Waals surface area contributed by atoms with Crippen LogP contribution in [0.1, 0.15) is 43.0 Å². The van der Waals surface area contributed by atoms with Crippen LogP contribution in [0.15, 0.2) is 58.0 Å². The van der Waals surface area contributed by atoms with Crippen molar-refractivity contribution in [1.29, 1.82) is 0 Å². The third kappa shape index (κ3) is 5.75. The van der Waals surface area contributed by atoms with E-state index in [1.807, 2.05) is 0 Å². The van der Waals surface area contributed by atoms with Gasteiger partial charge in [0, 0.05) is 18.3 Å². The molecule has 1 aliphatic carbocycles. The summed E-state index contributed by atoms with van der Waals surface area (Å²) in [7, 11) is -4.10. The molecule has 1 amide bonds. The molecule has 8 nitrogen and oxygen atoms in total. The summed E-state index contributed by atoms with van der Waals surface area (Å²) < 4.78 is 79.3. The lowest BCUT2D eigenvalue weighted by atomic mass is 10.1. The van der Waals surface area contributed by atoms with Crippen LogP contribution in [0.4, 0.5) is 17.6 Å². The lowest BCUT2D eigenvalue weighted by molar-refractivity contribution is -0.141. The second-order valence-electron chi connectivity index (χ2n) is 8.61. The van der Waals surface area contributed by atoms with E-state index in [9.17, 15) is 30.8 Å². The zero-order valence-corrected chi connectivity index (χ0v) is 20.2. The molecular formula is C24H23F4N5O3S. The topological polar surface area (TPSA) is 104 Å². The highest BCUT2D eigenvalue weighted by molar-refractivity contribution is 7.93. The summed E-state index contributed by atoms with van der Waals surface area (Å²) in [6, 6.07) is -0.337. The Bertz CT molecular complexity index is 1330. The number of rotatable bonds is 6. The van der Waals surface area contributed by atoms with Gasteiger partial charge in [-0.15, -0.1) is 6.42 Å². The number of pyridine rings is 1. The second kappa shape index (κ2) is 10.5. The highest BCUT2D eigenvalue weighted by Gasteiger charge is 2.45. The van der Waals surface area contributed by atoms with Gasteiger partial charge in [0.1, 0.15) is 17.6 Å². The van der Waals surface area contributed by atoms with E-state index in [2.05, 4.69) is 26.5 Å². The molecule has 4 rings (SSSR count).